The average molecular weight is 525 g/mol. The van der Waals surface area contributed by atoms with Crippen molar-refractivity contribution >= 4 is 11.9 Å². The Balaban J connectivity index is 4.83. The van der Waals surface area contributed by atoms with Gasteiger partial charge in [0.2, 0.25) is 0 Å². The van der Waals surface area contributed by atoms with Crippen molar-refractivity contribution in [1.29, 1.82) is 0 Å². The number of rotatable bonds is 11. The molecule has 0 saturated carbocycles. The molecule has 0 heterocycles. The lowest BCUT2D eigenvalue weighted by Gasteiger charge is -2.27. The minimum Gasteiger partial charge on any atom is -0.460 e. The third kappa shape index (κ3) is 6.50. The van der Waals surface area contributed by atoms with E-state index in [4.69, 9.17) is 0 Å². The van der Waals surface area contributed by atoms with E-state index in [0.29, 0.717) is 0 Å². The number of likely N-dealkylation sites (N-methyl/N-ethyl adjacent to an activating group) is 1. The van der Waals surface area contributed by atoms with Crippen molar-refractivity contribution < 1.29 is 80.5 Å². The first-order valence-electron chi connectivity index (χ1n) is 8.20. The molecule has 0 N–H and O–H groups in total. The van der Waals surface area contributed by atoms with Gasteiger partial charge in [-0.25, -0.2) is 9.59 Å². The summed E-state index contributed by atoms with van der Waals surface area (Å²) in [5, 5.41) is 0. The van der Waals surface area contributed by atoms with Crippen LogP contribution in [0.2, 0.25) is 0 Å². The normalized spacial score (nSPS) is 14.4. The molecule has 0 rings (SSSR count). The van der Waals surface area contributed by atoms with E-state index in [1.54, 1.807) is 0 Å². The topological polar surface area (TPSA) is 55.8 Å². The zero-order valence-corrected chi connectivity index (χ0v) is 15.9. The zero-order chi connectivity index (χ0) is 26.7. The van der Waals surface area contributed by atoms with Gasteiger partial charge >= 0.3 is 48.0 Å². The molecule has 0 aliphatic rings. The number of carbonyl (C=O) groups excluding carboxylic acids is 2. The van der Waals surface area contributed by atoms with Crippen molar-refractivity contribution in [3.63, 3.8) is 0 Å². The molecule has 0 spiro atoms. The maximum absolute atomic E-state index is 13.1. The van der Waals surface area contributed by atoms with Gasteiger partial charge in [0.15, 0.2) is 0 Å². The van der Waals surface area contributed by atoms with E-state index in [1.807, 2.05) is 0 Å². The third-order valence-electron chi connectivity index (χ3n) is 3.74. The summed E-state index contributed by atoms with van der Waals surface area (Å²) in [6, 6.07) is 0. The number of carbonyl (C=O) groups is 2. The Morgan fingerprint density at radius 2 is 0.879 bits per heavy atom. The fourth-order valence-electron chi connectivity index (χ4n) is 1.76. The molecule has 0 bridgehead atoms. The molecular weight excluding hydrogens is 512 g/mol. The van der Waals surface area contributed by atoms with Gasteiger partial charge in [-0.15, -0.1) is 0 Å². The first-order chi connectivity index (χ1) is 14.5. The first kappa shape index (κ1) is 30.9. The standard InChI is InChI=1S/C14H13F14NO4/c1-2-29(3-5-32-7(30)9(15,16)11(19,20)13(23,24)25)4-6-33-8(31)10(17,18)12(21,22)14(26,27)28/h2-6H2,1H3. The highest BCUT2D eigenvalue weighted by Crippen LogP contribution is 2.48. The molecule has 0 aromatic rings. The van der Waals surface area contributed by atoms with Crippen LogP contribution in [0, 0.1) is 0 Å². The smallest absolute Gasteiger partial charge is 0.460 e. The van der Waals surface area contributed by atoms with E-state index in [-0.39, 0.29) is 6.54 Å². The maximum Gasteiger partial charge on any atom is 0.460 e. The first-order valence-corrected chi connectivity index (χ1v) is 8.20. The van der Waals surface area contributed by atoms with Gasteiger partial charge < -0.3 is 9.47 Å². The SMILES string of the molecule is CCN(CCOC(=O)C(F)(F)C(F)(F)C(F)(F)F)CCOC(=O)C(F)(F)C(F)(F)C(F)(F)F. The molecule has 0 aromatic carbocycles. The third-order valence-corrected chi connectivity index (χ3v) is 3.74. The van der Waals surface area contributed by atoms with Gasteiger partial charge in [-0.2, -0.15) is 61.5 Å². The van der Waals surface area contributed by atoms with Crippen LogP contribution in [0.4, 0.5) is 61.5 Å². The van der Waals surface area contributed by atoms with Crippen LogP contribution >= 0.6 is 0 Å². The Kier molecular flexibility index (Phi) is 9.41. The molecule has 0 atom stereocenters. The highest BCUT2D eigenvalue weighted by Gasteiger charge is 2.78. The van der Waals surface area contributed by atoms with E-state index in [2.05, 4.69) is 9.47 Å². The van der Waals surface area contributed by atoms with Crippen LogP contribution in [0.15, 0.2) is 0 Å². The van der Waals surface area contributed by atoms with E-state index >= 15 is 0 Å². The molecule has 0 aromatic heterocycles. The molecule has 0 aliphatic carbocycles. The number of halogens is 14. The Hall–Kier alpha value is -2.08. The molecule has 0 amide bonds. The van der Waals surface area contributed by atoms with Gasteiger partial charge in [0.25, 0.3) is 0 Å². The number of hydrogen-bond donors (Lipinski definition) is 0. The Bertz CT molecular complexity index is 632. The second-order valence-electron chi connectivity index (χ2n) is 6.00. The highest BCUT2D eigenvalue weighted by atomic mass is 19.4. The van der Waals surface area contributed by atoms with Crippen molar-refractivity contribution in [1.82, 2.24) is 4.90 Å². The van der Waals surface area contributed by atoms with Gasteiger partial charge in [-0.1, -0.05) is 6.92 Å². The molecule has 19 heteroatoms. The fourth-order valence-corrected chi connectivity index (χ4v) is 1.76. The van der Waals surface area contributed by atoms with Crippen LogP contribution in [0.25, 0.3) is 0 Å². The average Bonchev–Trinajstić information content (AvgIpc) is 2.64. The molecule has 0 unspecified atom stereocenters. The second-order valence-corrected chi connectivity index (χ2v) is 6.00. The van der Waals surface area contributed by atoms with Crippen LogP contribution in [0.1, 0.15) is 6.92 Å². The van der Waals surface area contributed by atoms with Crippen LogP contribution in [-0.2, 0) is 19.1 Å². The van der Waals surface area contributed by atoms with E-state index < -0.39 is 74.3 Å². The van der Waals surface area contributed by atoms with Crippen LogP contribution < -0.4 is 0 Å². The fraction of sp³-hybridized carbons (Fsp3) is 0.857. The molecule has 0 fully saturated rings. The summed E-state index contributed by atoms with van der Waals surface area (Å²) in [6.45, 7) is -3.08. The Morgan fingerprint density at radius 3 is 1.09 bits per heavy atom. The lowest BCUT2D eigenvalue weighted by molar-refractivity contribution is -0.348. The number of alkyl halides is 14. The van der Waals surface area contributed by atoms with Gasteiger partial charge in [0.05, 0.1) is 0 Å². The van der Waals surface area contributed by atoms with Gasteiger partial charge in [0.1, 0.15) is 13.2 Å². The Labute approximate surface area is 174 Å². The van der Waals surface area contributed by atoms with Crippen LogP contribution in [-0.4, -0.2) is 85.7 Å². The summed E-state index contributed by atoms with van der Waals surface area (Å²) < 4.78 is 182. The van der Waals surface area contributed by atoms with Crippen molar-refractivity contribution in [2.75, 3.05) is 32.8 Å². The van der Waals surface area contributed by atoms with Crippen LogP contribution in [0.5, 0.6) is 0 Å². The van der Waals surface area contributed by atoms with Gasteiger partial charge in [-0.05, 0) is 6.54 Å². The van der Waals surface area contributed by atoms with E-state index in [9.17, 15) is 71.1 Å². The monoisotopic (exact) mass is 525 g/mol. The van der Waals surface area contributed by atoms with E-state index in [1.165, 1.54) is 6.92 Å². The maximum atomic E-state index is 13.1. The molecular formula is C14H13F14NO4. The summed E-state index contributed by atoms with van der Waals surface area (Å²) in [4.78, 5) is 22.7. The Morgan fingerprint density at radius 1 is 0.606 bits per heavy atom. The van der Waals surface area contributed by atoms with Gasteiger partial charge in [-0.3, -0.25) is 4.90 Å². The molecule has 0 saturated heterocycles. The number of hydrogen-bond acceptors (Lipinski definition) is 5. The minimum atomic E-state index is -6.81. The van der Waals surface area contributed by atoms with Crippen molar-refractivity contribution in [2.24, 2.45) is 0 Å². The second kappa shape index (κ2) is 10.0. The molecule has 33 heavy (non-hydrogen) atoms. The lowest BCUT2D eigenvalue weighted by atomic mass is 10.1. The predicted molar refractivity (Wildman–Crippen MR) is 75.9 cm³/mol. The number of nitrogens with zero attached hydrogens (tertiary/aromatic N) is 1. The van der Waals surface area contributed by atoms with Gasteiger partial charge in [0, 0.05) is 13.1 Å². The summed E-state index contributed by atoms with van der Waals surface area (Å²) in [7, 11) is 0. The largest absolute Gasteiger partial charge is 0.460 e. The number of esters is 2. The molecule has 5 nitrogen and oxygen atoms in total. The molecule has 0 radical (unpaired) electrons. The molecule has 196 valence electrons. The minimum absolute atomic E-state index is 0.237. The summed E-state index contributed by atoms with van der Waals surface area (Å²) in [5.74, 6) is -32.7. The number of ether oxygens (including phenoxy) is 2. The van der Waals surface area contributed by atoms with Crippen molar-refractivity contribution in [3.8, 4) is 0 Å². The predicted octanol–water partition coefficient (Wildman–Crippen LogP) is 4.06. The van der Waals surface area contributed by atoms with Crippen molar-refractivity contribution in [2.45, 2.75) is 43.0 Å². The zero-order valence-electron chi connectivity index (χ0n) is 15.9. The van der Waals surface area contributed by atoms with Crippen molar-refractivity contribution in [3.05, 3.63) is 0 Å². The lowest BCUT2D eigenvalue weighted by Crippen LogP contribution is -2.57. The van der Waals surface area contributed by atoms with Crippen LogP contribution in [0.3, 0.4) is 0 Å². The summed E-state index contributed by atoms with van der Waals surface area (Å²) >= 11 is 0. The molecule has 0 aliphatic heterocycles. The summed E-state index contributed by atoms with van der Waals surface area (Å²) in [5.41, 5.74) is 0. The van der Waals surface area contributed by atoms with E-state index in [0.717, 1.165) is 4.90 Å². The quantitative estimate of drug-likeness (QED) is 0.301. The summed E-state index contributed by atoms with van der Waals surface area (Å²) in [6.07, 6.45) is -13.6. The highest BCUT2D eigenvalue weighted by molar-refractivity contribution is 5.79.